The lowest BCUT2D eigenvalue weighted by Gasteiger charge is -2.04. The number of benzene rings is 2. The van der Waals surface area contributed by atoms with Crippen LogP contribution in [0.3, 0.4) is 0 Å². The van der Waals surface area contributed by atoms with Gasteiger partial charge >= 0.3 is 5.97 Å². The Morgan fingerprint density at radius 2 is 1.28 bits per heavy atom. The van der Waals surface area contributed by atoms with Crippen molar-refractivity contribution in [2.75, 3.05) is 0 Å². The maximum absolute atomic E-state index is 12.4. The van der Waals surface area contributed by atoms with Crippen molar-refractivity contribution in [1.82, 2.24) is 0 Å². The van der Waals surface area contributed by atoms with E-state index in [0.29, 0.717) is 6.42 Å². The van der Waals surface area contributed by atoms with E-state index < -0.39 is 5.97 Å². The van der Waals surface area contributed by atoms with Gasteiger partial charge in [0.2, 0.25) is 0 Å². The third-order valence-corrected chi connectivity index (χ3v) is 5.02. The molecule has 2 aromatic carbocycles. The summed E-state index contributed by atoms with van der Waals surface area (Å²) in [4.78, 5) is 22.8. The van der Waals surface area contributed by atoms with Crippen LogP contribution in [0.5, 0.6) is 0 Å². The number of aryl methyl sites for hydroxylation is 1. The fraction of sp³-hybridized carbons (Fsp3) is 0.385. The highest BCUT2D eigenvalue weighted by Crippen LogP contribution is 2.13. The Labute approximate surface area is 174 Å². The summed E-state index contributed by atoms with van der Waals surface area (Å²) in [5, 5.41) is 8.58. The second kappa shape index (κ2) is 13.5. The minimum absolute atomic E-state index is 0.0713. The number of carbonyl (C=O) groups excluding carboxylic acids is 1. The van der Waals surface area contributed by atoms with Crippen LogP contribution < -0.4 is 0 Å². The van der Waals surface area contributed by atoms with Crippen LogP contribution in [0.25, 0.3) is 0 Å². The van der Waals surface area contributed by atoms with Gasteiger partial charge in [-0.15, -0.1) is 0 Å². The minimum Gasteiger partial charge on any atom is -0.481 e. The molecule has 0 spiro atoms. The SMILES string of the molecule is O=C(O)CCCCCCC/C=C\CCCc1ccc(C(=O)c2ccccc2)cc1. The molecule has 0 fully saturated rings. The van der Waals surface area contributed by atoms with Crippen LogP contribution in [0.1, 0.15) is 79.3 Å². The topological polar surface area (TPSA) is 54.4 Å². The average Bonchev–Trinajstić information content (AvgIpc) is 2.75. The highest BCUT2D eigenvalue weighted by Gasteiger charge is 2.07. The average molecular weight is 393 g/mol. The number of ketones is 1. The molecule has 29 heavy (non-hydrogen) atoms. The van der Waals surface area contributed by atoms with Crippen molar-refractivity contribution in [3.05, 3.63) is 83.4 Å². The van der Waals surface area contributed by atoms with Crippen molar-refractivity contribution in [1.29, 1.82) is 0 Å². The first kappa shape index (κ1) is 22.6. The number of carboxylic acid groups (broad SMARTS) is 1. The van der Waals surface area contributed by atoms with Gasteiger partial charge in [0.05, 0.1) is 0 Å². The van der Waals surface area contributed by atoms with Crippen molar-refractivity contribution < 1.29 is 14.7 Å². The van der Waals surface area contributed by atoms with Crippen LogP contribution in [0, 0.1) is 0 Å². The largest absolute Gasteiger partial charge is 0.481 e. The Bertz CT molecular complexity index is 760. The molecule has 0 aliphatic heterocycles. The van der Waals surface area contributed by atoms with Gasteiger partial charge in [0, 0.05) is 17.5 Å². The van der Waals surface area contributed by atoms with Crippen molar-refractivity contribution in [3.63, 3.8) is 0 Å². The van der Waals surface area contributed by atoms with E-state index in [2.05, 4.69) is 24.3 Å². The second-order valence-corrected chi connectivity index (χ2v) is 7.46. The first-order valence-electron chi connectivity index (χ1n) is 10.7. The van der Waals surface area contributed by atoms with E-state index in [4.69, 9.17) is 5.11 Å². The highest BCUT2D eigenvalue weighted by atomic mass is 16.4. The molecular weight excluding hydrogens is 360 g/mol. The number of unbranched alkanes of at least 4 members (excludes halogenated alkanes) is 6. The molecule has 0 radical (unpaired) electrons. The monoisotopic (exact) mass is 392 g/mol. The van der Waals surface area contributed by atoms with Gasteiger partial charge in [0.15, 0.2) is 5.78 Å². The van der Waals surface area contributed by atoms with Gasteiger partial charge in [-0.3, -0.25) is 9.59 Å². The van der Waals surface area contributed by atoms with E-state index in [-0.39, 0.29) is 5.78 Å². The Morgan fingerprint density at radius 3 is 1.97 bits per heavy atom. The standard InChI is InChI=1S/C26H32O3/c27-25(28)17-13-8-6-4-2-1-3-5-7-10-14-22-18-20-24(21-19-22)26(29)23-15-11-9-12-16-23/h3,5,9,11-12,15-16,18-21H,1-2,4,6-8,10,13-14,17H2,(H,27,28)/b5-3-. The van der Waals surface area contributed by atoms with Gasteiger partial charge in [-0.1, -0.05) is 86.0 Å². The summed E-state index contributed by atoms with van der Waals surface area (Å²) >= 11 is 0. The fourth-order valence-corrected chi connectivity index (χ4v) is 3.31. The molecule has 0 aliphatic carbocycles. The van der Waals surface area contributed by atoms with E-state index in [1.807, 2.05) is 42.5 Å². The molecule has 0 atom stereocenters. The van der Waals surface area contributed by atoms with E-state index in [0.717, 1.165) is 56.1 Å². The van der Waals surface area contributed by atoms with E-state index in [9.17, 15) is 9.59 Å². The van der Waals surface area contributed by atoms with Crippen LogP contribution in [-0.2, 0) is 11.2 Å². The molecule has 2 rings (SSSR count). The lowest BCUT2D eigenvalue weighted by Crippen LogP contribution is -2.00. The number of hydrogen-bond acceptors (Lipinski definition) is 2. The zero-order chi connectivity index (χ0) is 20.7. The van der Waals surface area contributed by atoms with Gasteiger partial charge in [-0.05, 0) is 44.1 Å². The number of rotatable bonds is 14. The maximum Gasteiger partial charge on any atom is 0.303 e. The Morgan fingerprint density at radius 1 is 0.690 bits per heavy atom. The number of allylic oxidation sites excluding steroid dienone is 2. The van der Waals surface area contributed by atoms with Crippen molar-refractivity contribution in [3.8, 4) is 0 Å². The lowest BCUT2D eigenvalue weighted by atomic mass is 10.0. The van der Waals surface area contributed by atoms with E-state index in [1.165, 1.54) is 18.4 Å². The highest BCUT2D eigenvalue weighted by molar-refractivity contribution is 6.08. The molecule has 0 unspecified atom stereocenters. The molecular formula is C26H32O3. The van der Waals surface area contributed by atoms with Crippen LogP contribution in [0.4, 0.5) is 0 Å². The smallest absolute Gasteiger partial charge is 0.303 e. The predicted molar refractivity (Wildman–Crippen MR) is 118 cm³/mol. The van der Waals surface area contributed by atoms with Crippen LogP contribution in [0.2, 0.25) is 0 Å². The minimum atomic E-state index is -0.690. The maximum atomic E-state index is 12.4. The molecule has 0 aromatic heterocycles. The molecule has 0 amide bonds. The molecule has 3 nitrogen and oxygen atoms in total. The molecule has 0 bridgehead atoms. The van der Waals surface area contributed by atoms with Gasteiger partial charge in [-0.25, -0.2) is 0 Å². The predicted octanol–water partition coefficient (Wildman–Crippen LogP) is 6.61. The summed E-state index contributed by atoms with van der Waals surface area (Å²) in [6, 6.07) is 17.4. The fourth-order valence-electron chi connectivity index (χ4n) is 3.31. The first-order chi connectivity index (χ1) is 14.2. The molecule has 0 aliphatic rings. The summed E-state index contributed by atoms with van der Waals surface area (Å²) in [6.45, 7) is 0. The quantitative estimate of drug-likeness (QED) is 0.223. The molecule has 2 aromatic rings. The van der Waals surface area contributed by atoms with Gasteiger partial charge < -0.3 is 5.11 Å². The van der Waals surface area contributed by atoms with Crippen molar-refractivity contribution >= 4 is 11.8 Å². The molecule has 3 heteroatoms. The Hall–Kier alpha value is -2.68. The Balaban J connectivity index is 1.56. The number of hydrogen-bond donors (Lipinski definition) is 1. The molecule has 0 saturated heterocycles. The molecule has 0 saturated carbocycles. The van der Waals surface area contributed by atoms with Gasteiger partial charge in [0.1, 0.15) is 0 Å². The summed E-state index contributed by atoms with van der Waals surface area (Å²) in [7, 11) is 0. The third-order valence-electron chi connectivity index (χ3n) is 5.02. The zero-order valence-corrected chi connectivity index (χ0v) is 17.2. The number of carbonyl (C=O) groups is 2. The molecule has 1 N–H and O–H groups in total. The van der Waals surface area contributed by atoms with E-state index >= 15 is 0 Å². The summed E-state index contributed by atoms with van der Waals surface area (Å²) in [6.07, 6.45) is 14.4. The van der Waals surface area contributed by atoms with Crippen LogP contribution >= 0.6 is 0 Å². The summed E-state index contributed by atoms with van der Waals surface area (Å²) < 4.78 is 0. The molecule has 0 heterocycles. The first-order valence-corrected chi connectivity index (χ1v) is 10.7. The normalized spacial score (nSPS) is 11.0. The second-order valence-electron chi connectivity index (χ2n) is 7.46. The van der Waals surface area contributed by atoms with Crippen molar-refractivity contribution in [2.45, 2.75) is 64.2 Å². The number of aliphatic carboxylic acids is 1. The van der Waals surface area contributed by atoms with Crippen LogP contribution in [0.15, 0.2) is 66.7 Å². The third kappa shape index (κ3) is 9.38. The number of carboxylic acids is 1. The van der Waals surface area contributed by atoms with E-state index in [1.54, 1.807) is 0 Å². The summed E-state index contributed by atoms with van der Waals surface area (Å²) in [5.74, 6) is -0.619. The Kier molecular flexibility index (Phi) is 10.5. The summed E-state index contributed by atoms with van der Waals surface area (Å²) in [5.41, 5.74) is 2.73. The van der Waals surface area contributed by atoms with Gasteiger partial charge in [0.25, 0.3) is 0 Å². The van der Waals surface area contributed by atoms with Crippen molar-refractivity contribution in [2.24, 2.45) is 0 Å². The van der Waals surface area contributed by atoms with Gasteiger partial charge in [-0.2, -0.15) is 0 Å². The zero-order valence-electron chi connectivity index (χ0n) is 17.2. The lowest BCUT2D eigenvalue weighted by molar-refractivity contribution is -0.137. The van der Waals surface area contributed by atoms with Crippen LogP contribution in [-0.4, -0.2) is 16.9 Å². The molecule has 154 valence electrons.